The third-order valence-electron chi connectivity index (χ3n) is 3.72. The van der Waals surface area contributed by atoms with Crippen molar-refractivity contribution >= 4 is 5.91 Å². The van der Waals surface area contributed by atoms with Crippen molar-refractivity contribution in [3.63, 3.8) is 0 Å². The summed E-state index contributed by atoms with van der Waals surface area (Å²) in [7, 11) is 0. The first-order valence-electron chi connectivity index (χ1n) is 7.45. The Balaban J connectivity index is 1.87. The van der Waals surface area contributed by atoms with Gasteiger partial charge in [0.1, 0.15) is 5.75 Å². The molecule has 1 amide bonds. The molecule has 2 rings (SSSR count). The van der Waals surface area contributed by atoms with Crippen molar-refractivity contribution in [1.29, 1.82) is 0 Å². The molecule has 0 saturated carbocycles. The van der Waals surface area contributed by atoms with Crippen LogP contribution in [0, 0.1) is 6.92 Å². The minimum atomic E-state index is -0.447. The average Bonchev–Trinajstić information content (AvgIpc) is 2.47. The monoisotopic (exact) mass is 288 g/mol. The highest BCUT2D eigenvalue weighted by atomic mass is 16.5. The zero-order valence-electron chi connectivity index (χ0n) is 12.9. The fourth-order valence-electron chi connectivity index (χ4n) is 2.53. The van der Waals surface area contributed by atoms with E-state index in [4.69, 9.17) is 4.74 Å². The number of ether oxygens (including phenoxy) is 1. The largest absolute Gasteiger partial charge is 0.481 e. The predicted molar refractivity (Wildman–Crippen MR) is 84.5 cm³/mol. The van der Waals surface area contributed by atoms with E-state index in [2.05, 4.69) is 11.5 Å². The van der Waals surface area contributed by atoms with Crippen molar-refractivity contribution in [2.45, 2.75) is 20.0 Å². The van der Waals surface area contributed by atoms with Crippen molar-refractivity contribution in [3.05, 3.63) is 42.5 Å². The molecule has 0 bridgehead atoms. The minimum Gasteiger partial charge on any atom is -0.481 e. The number of carbonyl (C=O) groups is 1. The number of piperazine rings is 1. The molecule has 1 aromatic carbocycles. The van der Waals surface area contributed by atoms with Crippen LogP contribution in [0.25, 0.3) is 0 Å². The first-order chi connectivity index (χ1) is 10.1. The van der Waals surface area contributed by atoms with E-state index in [0.29, 0.717) is 0 Å². The standard InChI is InChI=1S/C17H24N2O2/c1-4-8-18-9-11-19(12-10-18)17(20)15(3)21-16-7-5-6-14(2)13-16/h4-7,13,15H,1,8-12H2,2-3H3/t15-/m0/s1. The molecule has 1 aliphatic heterocycles. The van der Waals surface area contributed by atoms with Crippen molar-refractivity contribution in [3.8, 4) is 5.75 Å². The molecule has 1 fully saturated rings. The fourth-order valence-corrected chi connectivity index (χ4v) is 2.53. The summed E-state index contributed by atoms with van der Waals surface area (Å²) >= 11 is 0. The Morgan fingerprint density at radius 2 is 2.10 bits per heavy atom. The summed E-state index contributed by atoms with van der Waals surface area (Å²) in [5.41, 5.74) is 1.13. The molecule has 1 atom stereocenters. The van der Waals surface area contributed by atoms with Gasteiger partial charge in [-0.15, -0.1) is 6.58 Å². The van der Waals surface area contributed by atoms with Crippen LogP contribution in [-0.2, 0) is 4.79 Å². The lowest BCUT2D eigenvalue weighted by Crippen LogP contribution is -2.51. The molecular weight excluding hydrogens is 264 g/mol. The Hall–Kier alpha value is -1.81. The molecule has 0 N–H and O–H groups in total. The third kappa shape index (κ3) is 4.33. The first kappa shape index (κ1) is 15.6. The van der Waals surface area contributed by atoms with Crippen LogP contribution in [0.3, 0.4) is 0 Å². The van der Waals surface area contributed by atoms with Gasteiger partial charge in [-0.2, -0.15) is 0 Å². The van der Waals surface area contributed by atoms with Crippen molar-refractivity contribution in [2.24, 2.45) is 0 Å². The van der Waals surface area contributed by atoms with E-state index >= 15 is 0 Å². The van der Waals surface area contributed by atoms with Crippen molar-refractivity contribution < 1.29 is 9.53 Å². The summed E-state index contributed by atoms with van der Waals surface area (Å²) in [6.07, 6.45) is 1.46. The molecule has 4 heteroatoms. The molecule has 4 nitrogen and oxygen atoms in total. The molecule has 0 unspecified atom stereocenters. The maximum absolute atomic E-state index is 12.4. The SMILES string of the molecule is C=CCN1CCN(C(=O)[C@H](C)Oc2cccc(C)c2)CC1. The highest BCUT2D eigenvalue weighted by Gasteiger charge is 2.25. The van der Waals surface area contributed by atoms with Gasteiger partial charge >= 0.3 is 0 Å². The van der Waals surface area contributed by atoms with Crippen molar-refractivity contribution in [1.82, 2.24) is 9.80 Å². The lowest BCUT2D eigenvalue weighted by atomic mass is 10.2. The van der Waals surface area contributed by atoms with Gasteiger partial charge in [-0.25, -0.2) is 0 Å². The van der Waals surface area contributed by atoms with Gasteiger partial charge in [0.15, 0.2) is 6.10 Å². The zero-order chi connectivity index (χ0) is 15.2. The third-order valence-corrected chi connectivity index (χ3v) is 3.72. The summed E-state index contributed by atoms with van der Waals surface area (Å²) in [6, 6.07) is 7.79. The smallest absolute Gasteiger partial charge is 0.263 e. The van der Waals surface area contributed by atoms with E-state index in [1.807, 2.05) is 49.1 Å². The number of amides is 1. The van der Waals surface area contributed by atoms with E-state index in [1.165, 1.54) is 0 Å². The molecule has 1 aliphatic rings. The van der Waals surface area contributed by atoms with Gasteiger partial charge in [0.2, 0.25) is 0 Å². The summed E-state index contributed by atoms with van der Waals surface area (Å²) in [4.78, 5) is 16.6. The minimum absolute atomic E-state index is 0.0646. The van der Waals surface area contributed by atoms with Gasteiger partial charge in [-0.3, -0.25) is 9.69 Å². The molecular formula is C17H24N2O2. The number of hydrogen-bond donors (Lipinski definition) is 0. The molecule has 0 spiro atoms. The van der Waals surface area contributed by atoms with Gasteiger partial charge in [0.05, 0.1) is 0 Å². The summed E-state index contributed by atoms with van der Waals surface area (Å²) in [5, 5.41) is 0. The molecule has 1 heterocycles. The maximum Gasteiger partial charge on any atom is 0.263 e. The Bertz CT molecular complexity index is 493. The Morgan fingerprint density at radius 1 is 1.38 bits per heavy atom. The molecule has 0 aromatic heterocycles. The lowest BCUT2D eigenvalue weighted by molar-refractivity contribution is -0.139. The highest BCUT2D eigenvalue weighted by molar-refractivity contribution is 5.81. The number of nitrogens with zero attached hydrogens (tertiary/aromatic N) is 2. The Labute approximate surface area is 127 Å². The van der Waals surface area contributed by atoms with Gasteiger partial charge in [-0.1, -0.05) is 18.2 Å². The lowest BCUT2D eigenvalue weighted by Gasteiger charge is -2.35. The molecule has 0 aliphatic carbocycles. The second-order valence-corrected chi connectivity index (χ2v) is 5.49. The van der Waals surface area contributed by atoms with Crippen LogP contribution in [0.1, 0.15) is 12.5 Å². The van der Waals surface area contributed by atoms with Gasteiger partial charge in [-0.05, 0) is 31.5 Å². The van der Waals surface area contributed by atoms with E-state index in [0.717, 1.165) is 44.0 Å². The van der Waals surface area contributed by atoms with Crippen LogP contribution in [0.15, 0.2) is 36.9 Å². The van der Waals surface area contributed by atoms with Crippen LogP contribution < -0.4 is 4.74 Å². The molecule has 1 saturated heterocycles. The Kier molecular flexibility index (Phi) is 5.39. The topological polar surface area (TPSA) is 32.8 Å². The maximum atomic E-state index is 12.4. The van der Waals surface area contributed by atoms with E-state index in [9.17, 15) is 4.79 Å². The molecule has 1 aromatic rings. The van der Waals surface area contributed by atoms with E-state index in [1.54, 1.807) is 0 Å². The molecule has 114 valence electrons. The van der Waals surface area contributed by atoms with Crippen LogP contribution in [-0.4, -0.2) is 54.5 Å². The second kappa shape index (κ2) is 7.27. The normalized spacial score (nSPS) is 17.3. The van der Waals surface area contributed by atoms with E-state index < -0.39 is 6.10 Å². The highest BCUT2D eigenvalue weighted by Crippen LogP contribution is 2.15. The first-order valence-corrected chi connectivity index (χ1v) is 7.45. The quantitative estimate of drug-likeness (QED) is 0.778. The van der Waals surface area contributed by atoms with Gasteiger partial charge in [0.25, 0.3) is 5.91 Å². The summed E-state index contributed by atoms with van der Waals surface area (Å²) in [6.45, 7) is 11.8. The van der Waals surface area contributed by atoms with Crippen LogP contribution in [0.4, 0.5) is 0 Å². The Morgan fingerprint density at radius 3 is 2.71 bits per heavy atom. The van der Waals surface area contributed by atoms with Crippen LogP contribution >= 0.6 is 0 Å². The zero-order valence-corrected chi connectivity index (χ0v) is 12.9. The van der Waals surface area contributed by atoms with Crippen LogP contribution in [0.2, 0.25) is 0 Å². The summed E-state index contributed by atoms with van der Waals surface area (Å²) in [5.74, 6) is 0.816. The fraction of sp³-hybridized carbons (Fsp3) is 0.471. The number of carbonyl (C=O) groups excluding carboxylic acids is 1. The molecule has 0 radical (unpaired) electrons. The second-order valence-electron chi connectivity index (χ2n) is 5.49. The predicted octanol–water partition coefficient (Wildman–Crippen LogP) is 2.09. The number of hydrogen-bond acceptors (Lipinski definition) is 3. The van der Waals surface area contributed by atoms with Crippen molar-refractivity contribution in [2.75, 3.05) is 32.7 Å². The van der Waals surface area contributed by atoms with Gasteiger partial charge < -0.3 is 9.64 Å². The molecule has 21 heavy (non-hydrogen) atoms. The van der Waals surface area contributed by atoms with Crippen LogP contribution in [0.5, 0.6) is 5.75 Å². The number of benzene rings is 1. The number of rotatable bonds is 5. The van der Waals surface area contributed by atoms with Gasteiger partial charge in [0, 0.05) is 32.7 Å². The average molecular weight is 288 g/mol. The van der Waals surface area contributed by atoms with E-state index in [-0.39, 0.29) is 5.91 Å². The summed E-state index contributed by atoms with van der Waals surface area (Å²) < 4.78 is 5.76. The number of aryl methyl sites for hydroxylation is 1.